The number of aryl methyl sites for hydroxylation is 2. The van der Waals surface area contributed by atoms with E-state index in [1.807, 2.05) is 25.1 Å². The van der Waals surface area contributed by atoms with E-state index in [-0.39, 0.29) is 5.30 Å². The number of aromatic nitrogens is 2. The van der Waals surface area contributed by atoms with Crippen LogP contribution in [0, 0.1) is 6.92 Å². The summed E-state index contributed by atoms with van der Waals surface area (Å²) >= 11 is 0. The van der Waals surface area contributed by atoms with Gasteiger partial charge in [-0.15, -0.1) is 0 Å². The molecule has 1 aromatic carbocycles. The summed E-state index contributed by atoms with van der Waals surface area (Å²) in [6.07, 6.45) is 1.52. The van der Waals surface area contributed by atoms with Crippen molar-refractivity contribution in [3.8, 4) is 0 Å². The van der Waals surface area contributed by atoms with Crippen molar-refractivity contribution in [3.05, 3.63) is 30.0 Å². The highest BCUT2D eigenvalue weighted by Gasteiger charge is 2.27. The van der Waals surface area contributed by atoms with E-state index in [2.05, 4.69) is 5.10 Å². The first-order valence-electron chi connectivity index (χ1n) is 5.10. The van der Waals surface area contributed by atoms with Crippen molar-refractivity contribution in [1.29, 1.82) is 0 Å². The van der Waals surface area contributed by atoms with Crippen molar-refractivity contribution in [2.24, 2.45) is 7.05 Å². The zero-order valence-corrected chi connectivity index (χ0v) is 10.8. The van der Waals surface area contributed by atoms with Crippen LogP contribution in [0.25, 0.3) is 10.9 Å². The van der Waals surface area contributed by atoms with Crippen LogP contribution in [-0.2, 0) is 16.1 Å². The number of rotatable bonds is 2. The van der Waals surface area contributed by atoms with E-state index in [0.29, 0.717) is 10.9 Å². The first-order chi connectivity index (χ1) is 7.94. The Labute approximate surface area is 99.2 Å². The maximum absolute atomic E-state index is 12.0. The number of nitrogens with zero attached hydrogens (tertiary/aromatic N) is 2. The quantitative estimate of drug-likeness (QED) is 0.636. The van der Waals surface area contributed by atoms with Crippen molar-refractivity contribution in [2.45, 2.75) is 6.92 Å². The van der Waals surface area contributed by atoms with Gasteiger partial charge in [-0.2, -0.15) is 0 Å². The SMILES string of the molecule is COP(=O)(O)c1c[n+](C)nc2ccc(C)cc12. The molecule has 0 amide bonds. The molecule has 1 atom stereocenters. The summed E-state index contributed by atoms with van der Waals surface area (Å²) in [5.41, 5.74) is 1.67. The third kappa shape index (κ3) is 2.22. The second-order valence-electron chi connectivity index (χ2n) is 3.91. The molecule has 0 aliphatic rings. The summed E-state index contributed by atoms with van der Waals surface area (Å²) in [7, 11) is -0.847. The average Bonchev–Trinajstić information content (AvgIpc) is 2.28. The highest BCUT2D eigenvalue weighted by molar-refractivity contribution is 7.61. The van der Waals surface area contributed by atoms with E-state index >= 15 is 0 Å². The molecule has 1 aromatic heterocycles. The Hall–Kier alpha value is -1.29. The summed E-state index contributed by atoms with van der Waals surface area (Å²) in [5.74, 6) is 0. The zero-order chi connectivity index (χ0) is 12.6. The van der Waals surface area contributed by atoms with E-state index < -0.39 is 7.60 Å². The molecule has 0 fully saturated rings. The minimum atomic E-state index is -3.78. The standard InChI is InChI=1S/C11H13N2O3P/c1-8-4-5-10-9(6-8)11(7-13(2)12-10)17(14,15)16-3/h4-7H,1-3H3/p+1. The minimum Gasteiger partial charge on any atom is -0.321 e. The van der Waals surface area contributed by atoms with Gasteiger partial charge in [0.15, 0.2) is 7.05 Å². The summed E-state index contributed by atoms with van der Waals surface area (Å²) in [5, 5.41) is 5.18. The minimum absolute atomic E-state index is 0.274. The molecule has 90 valence electrons. The van der Waals surface area contributed by atoms with Crippen LogP contribution < -0.4 is 9.99 Å². The molecule has 0 saturated carbocycles. The van der Waals surface area contributed by atoms with Crippen molar-refractivity contribution in [3.63, 3.8) is 0 Å². The Kier molecular flexibility index (Phi) is 3.00. The summed E-state index contributed by atoms with van der Waals surface area (Å²) < 4.78 is 18.2. The normalized spacial score (nSPS) is 14.8. The molecule has 0 radical (unpaired) electrons. The lowest BCUT2D eigenvalue weighted by molar-refractivity contribution is -0.727. The number of hydrogen-bond acceptors (Lipinski definition) is 3. The van der Waals surface area contributed by atoms with E-state index in [4.69, 9.17) is 4.52 Å². The molecular formula is C11H14N2O3P+. The lowest BCUT2D eigenvalue weighted by Gasteiger charge is -2.09. The number of benzene rings is 1. The molecule has 6 heteroatoms. The van der Waals surface area contributed by atoms with Gasteiger partial charge in [0.25, 0.3) is 0 Å². The second-order valence-corrected chi connectivity index (χ2v) is 5.80. The van der Waals surface area contributed by atoms with Crippen LogP contribution in [0.1, 0.15) is 5.56 Å². The summed E-state index contributed by atoms with van der Waals surface area (Å²) in [6.45, 7) is 1.92. The largest absolute Gasteiger partial charge is 0.365 e. The third-order valence-electron chi connectivity index (χ3n) is 2.55. The fraction of sp³-hybridized carbons (Fsp3) is 0.273. The van der Waals surface area contributed by atoms with Gasteiger partial charge in [0.1, 0.15) is 10.8 Å². The average molecular weight is 253 g/mol. The van der Waals surface area contributed by atoms with E-state index in [9.17, 15) is 9.46 Å². The summed E-state index contributed by atoms with van der Waals surface area (Å²) in [6, 6.07) is 5.57. The molecule has 2 rings (SSSR count). The highest BCUT2D eigenvalue weighted by Crippen LogP contribution is 2.40. The first kappa shape index (κ1) is 12.2. The van der Waals surface area contributed by atoms with Gasteiger partial charge in [-0.25, -0.2) is 0 Å². The molecule has 1 unspecified atom stereocenters. The van der Waals surface area contributed by atoms with E-state index in [1.54, 1.807) is 7.05 Å². The molecule has 0 bridgehead atoms. The number of hydrogen-bond donors (Lipinski definition) is 1. The van der Waals surface area contributed by atoms with Gasteiger partial charge < -0.3 is 9.42 Å². The second kappa shape index (κ2) is 4.18. The molecule has 0 aliphatic heterocycles. The monoisotopic (exact) mass is 253 g/mol. The predicted molar refractivity (Wildman–Crippen MR) is 64.1 cm³/mol. The van der Waals surface area contributed by atoms with Gasteiger partial charge in [0.05, 0.1) is 0 Å². The molecular weight excluding hydrogens is 239 g/mol. The summed E-state index contributed by atoms with van der Waals surface area (Å²) in [4.78, 5) is 9.80. The Morgan fingerprint density at radius 3 is 2.82 bits per heavy atom. The molecule has 5 nitrogen and oxygen atoms in total. The molecule has 2 aromatic rings. The van der Waals surface area contributed by atoms with Gasteiger partial charge in [-0.05, 0) is 24.2 Å². The van der Waals surface area contributed by atoms with Crippen LogP contribution >= 0.6 is 7.60 Å². The molecule has 1 N–H and O–H groups in total. The van der Waals surface area contributed by atoms with E-state index in [0.717, 1.165) is 5.56 Å². The molecule has 0 saturated heterocycles. The highest BCUT2D eigenvalue weighted by atomic mass is 31.2. The lowest BCUT2D eigenvalue weighted by Crippen LogP contribution is -2.36. The Morgan fingerprint density at radius 1 is 1.47 bits per heavy atom. The van der Waals surface area contributed by atoms with Crippen LogP contribution in [-0.4, -0.2) is 17.1 Å². The maximum atomic E-state index is 12.0. The van der Waals surface area contributed by atoms with Crippen LogP contribution in [0.15, 0.2) is 24.4 Å². The van der Waals surface area contributed by atoms with Crippen molar-refractivity contribution >= 4 is 23.8 Å². The van der Waals surface area contributed by atoms with Gasteiger partial charge in [-0.1, -0.05) is 16.3 Å². The predicted octanol–water partition coefficient (Wildman–Crippen LogP) is 0.825. The van der Waals surface area contributed by atoms with Gasteiger partial charge >= 0.3 is 7.60 Å². The topological polar surface area (TPSA) is 63.3 Å². The van der Waals surface area contributed by atoms with Crippen molar-refractivity contribution < 1.29 is 18.7 Å². The Bertz CT molecular complexity index is 627. The van der Waals surface area contributed by atoms with Crippen LogP contribution in [0.2, 0.25) is 0 Å². The Balaban J connectivity index is 2.86. The van der Waals surface area contributed by atoms with Gasteiger partial charge in [0.2, 0.25) is 6.20 Å². The molecule has 1 heterocycles. The molecule has 0 spiro atoms. The zero-order valence-electron chi connectivity index (χ0n) is 9.91. The fourth-order valence-electron chi connectivity index (χ4n) is 1.71. The maximum Gasteiger partial charge on any atom is 0.365 e. The van der Waals surface area contributed by atoms with Gasteiger partial charge in [-0.3, -0.25) is 4.57 Å². The first-order valence-corrected chi connectivity index (χ1v) is 6.68. The smallest absolute Gasteiger partial charge is 0.321 e. The van der Waals surface area contributed by atoms with E-state index in [1.165, 1.54) is 18.0 Å². The van der Waals surface area contributed by atoms with Crippen molar-refractivity contribution in [1.82, 2.24) is 5.10 Å². The lowest BCUT2D eigenvalue weighted by atomic mass is 10.1. The number of fused-ring (bicyclic) bond motifs is 1. The third-order valence-corrected chi connectivity index (χ3v) is 4.01. The van der Waals surface area contributed by atoms with Crippen LogP contribution in [0.4, 0.5) is 0 Å². The Morgan fingerprint density at radius 2 is 2.18 bits per heavy atom. The van der Waals surface area contributed by atoms with Crippen LogP contribution in [0.3, 0.4) is 0 Å². The van der Waals surface area contributed by atoms with Crippen molar-refractivity contribution in [2.75, 3.05) is 7.11 Å². The fourth-order valence-corrected chi connectivity index (χ4v) is 2.70. The molecule has 0 aliphatic carbocycles. The van der Waals surface area contributed by atoms with Crippen LogP contribution in [0.5, 0.6) is 0 Å². The van der Waals surface area contributed by atoms with Gasteiger partial charge in [0, 0.05) is 12.5 Å². The molecule has 17 heavy (non-hydrogen) atoms.